The molecule has 1 saturated heterocycles. The van der Waals surface area contributed by atoms with E-state index in [-0.39, 0.29) is 17.8 Å². The molecular weight excluding hydrogens is 370 g/mol. The van der Waals surface area contributed by atoms with Gasteiger partial charge in [0, 0.05) is 13.1 Å². The van der Waals surface area contributed by atoms with E-state index in [1.54, 1.807) is 29.2 Å². The van der Waals surface area contributed by atoms with Gasteiger partial charge in [0.25, 0.3) is 0 Å². The topological polar surface area (TPSA) is 76.1 Å². The zero-order valence-electron chi connectivity index (χ0n) is 16.8. The molecule has 154 valence electrons. The number of likely N-dealkylation sites (tertiary alicyclic amines) is 1. The van der Waals surface area contributed by atoms with Crippen molar-refractivity contribution in [2.75, 3.05) is 19.7 Å². The van der Waals surface area contributed by atoms with Crippen molar-refractivity contribution in [2.24, 2.45) is 5.92 Å². The Morgan fingerprint density at radius 2 is 1.55 bits per heavy atom. The summed E-state index contributed by atoms with van der Waals surface area (Å²) >= 11 is 0. The molecule has 1 heterocycles. The highest BCUT2D eigenvalue weighted by Gasteiger charge is 2.24. The molecule has 1 amide bonds. The Kier molecular flexibility index (Phi) is 6.75. The van der Waals surface area contributed by atoms with Gasteiger partial charge in [0.2, 0.25) is 0 Å². The fraction of sp³-hybridized carbons (Fsp3) is 0.391. The second kappa shape index (κ2) is 9.45. The monoisotopic (exact) mass is 397 g/mol. The third-order valence-electron chi connectivity index (χ3n) is 5.01. The van der Waals surface area contributed by atoms with E-state index in [0.29, 0.717) is 25.6 Å². The predicted molar refractivity (Wildman–Crippen MR) is 110 cm³/mol. The van der Waals surface area contributed by atoms with Gasteiger partial charge in [-0.15, -0.1) is 0 Å². The predicted octanol–water partition coefficient (Wildman–Crippen LogP) is 4.69. The third-order valence-corrected chi connectivity index (χ3v) is 5.01. The number of amides is 1. The van der Waals surface area contributed by atoms with Crippen LogP contribution >= 0.6 is 0 Å². The summed E-state index contributed by atoms with van der Waals surface area (Å²) in [5.41, 5.74) is 2.24. The van der Waals surface area contributed by atoms with Crippen molar-refractivity contribution >= 4 is 12.1 Å². The van der Waals surface area contributed by atoms with Gasteiger partial charge in [-0.3, -0.25) is 0 Å². The van der Waals surface area contributed by atoms with Crippen LogP contribution in [0.5, 0.6) is 5.75 Å². The first kappa shape index (κ1) is 20.7. The Balaban J connectivity index is 1.47. The number of rotatable bonds is 6. The number of carboxylic acids is 1. The second-order valence-electron chi connectivity index (χ2n) is 7.58. The summed E-state index contributed by atoms with van der Waals surface area (Å²) in [6.45, 7) is 5.74. The molecular formula is C23H27NO5. The van der Waals surface area contributed by atoms with Crippen LogP contribution in [0.2, 0.25) is 0 Å². The quantitative estimate of drug-likeness (QED) is 0.765. The molecule has 2 aromatic rings. The number of carbonyl (C=O) groups is 2. The van der Waals surface area contributed by atoms with Gasteiger partial charge in [0.15, 0.2) is 0 Å². The summed E-state index contributed by atoms with van der Waals surface area (Å²) in [5.74, 6) is 0.293. The lowest BCUT2D eigenvalue weighted by atomic mass is 9.98. The highest BCUT2D eigenvalue weighted by Crippen LogP contribution is 2.24. The molecule has 1 aliphatic heterocycles. The highest BCUT2D eigenvalue weighted by atomic mass is 16.6. The highest BCUT2D eigenvalue weighted by molar-refractivity contribution is 5.88. The van der Waals surface area contributed by atoms with E-state index in [1.807, 2.05) is 38.1 Å². The molecule has 0 radical (unpaired) electrons. The van der Waals surface area contributed by atoms with Gasteiger partial charge in [-0.1, -0.05) is 24.3 Å². The maximum atomic E-state index is 11.9. The Hall–Kier alpha value is -3.02. The van der Waals surface area contributed by atoms with Gasteiger partial charge < -0.3 is 19.5 Å². The fourth-order valence-electron chi connectivity index (χ4n) is 3.32. The van der Waals surface area contributed by atoms with E-state index in [2.05, 4.69) is 0 Å². The number of nitrogens with zero attached hydrogens (tertiary/aromatic N) is 1. The molecule has 0 saturated carbocycles. The summed E-state index contributed by atoms with van der Waals surface area (Å²) in [6.07, 6.45) is 1.48. The molecule has 29 heavy (non-hydrogen) atoms. The Labute approximate surface area is 171 Å². The molecule has 1 aliphatic rings. The normalized spacial score (nSPS) is 14.7. The van der Waals surface area contributed by atoms with E-state index in [1.165, 1.54) is 0 Å². The zero-order chi connectivity index (χ0) is 20.8. The van der Waals surface area contributed by atoms with E-state index in [4.69, 9.17) is 14.6 Å². The number of hydrogen-bond donors (Lipinski definition) is 1. The van der Waals surface area contributed by atoms with Gasteiger partial charge in [0.05, 0.1) is 18.3 Å². The van der Waals surface area contributed by atoms with Crippen molar-refractivity contribution in [3.63, 3.8) is 0 Å². The lowest BCUT2D eigenvalue weighted by molar-refractivity contribution is 0.0607. The summed E-state index contributed by atoms with van der Waals surface area (Å²) in [7, 11) is 0. The molecule has 2 aromatic carbocycles. The van der Waals surface area contributed by atoms with Crippen LogP contribution in [0.3, 0.4) is 0 Å². The van der Waals surface area contributed by atoms with Crippen LogP contribution in [-0.2, 0) is 4.74 Å². The van der Waals surface area contributed by atoms with Crippen LogP contribution < -0.4 is 4.74 Å². The Morgan fingerprint density at radius 3 is 2.07 bits per heavy atom. The van der Waals surface area contributed by atoms with E-state index < -0.39 is 5.97 Å². The molecule has 3 rings (SSSR count). The smallest absolute Gasteiger partial charge is 0.410 e. The fourth-order valence-corrected chi connectivity index (χ4v) is 3.32. The largest absolute Gasteiger partial charge is 0.493 e. The number of hydrogen-bond acceptors (Lipinski definition) is 4. The van der Waals surface area contributed by atoms with Gasteiger partial charge in [-0.25, -0.2) is 9.59 Å². The van der Waals surface area contributed by atoms with E-state index in [9.17, 15) is 9.59 Å². The van der Waals surface area contributed by atoms with Crippen molar-refractivity contribution in [2.45, 2.75) is 32.8 Å². The molecule has 0 aromatic heterocycles. The van der Waals surface area contributed by atoms with E-state index >= 15 is 0 Å². The van der Waals surface area contributed by atoms with Crippen molar-refractivity contribution < 1.29 is 24.2 Å². The van der Waals surface area contributed by atoms with E-state index in [0.717, 1.165) is 29.7 Å². The van der Waals surface area contributed by atoms with Crippen molar-refractivity contribution in [3.05, 3.63) is 54.1 Å². The molecule has 6 nitrogen and oxygen atoms in total. The molecule has 0 bridgehead atoms. The molecule has 0 atom stereocenters. The average Bonchev–Trinajstić information content (AvgIpc) is 2.72. The lowest BCUT2D eigenvalue weighted by Gasteiger charge is -2.31. The molecule has 6 heteroatoms. The van der Waals surface area contributed by atoms with Crippen LogP contribution in [0.4, 0.5) is 4.79 Å². The summed E-state index contributed by atoms with van der Waals surface area (Å²) < 4.78 is 11.2. The first-order valence-electron chi connectivity index (χ1n) is 9.94. The second-order valence-corrected chi connectivity index (χ2v) is 7.58. The van der Waals surface area contributed by atoms with Gasteiger partial charge >= 0.3 is 12.1 Å². The lowest BCUT2D eigenvalue weighted by Crippen LogP contribution is -2.40. The zero-order valence-corrected chi connectivity index (χ0v) is 16.8. The Bertz CT molecular complexity index is 821. The third kappa shape index (κ3) is 5.73. The number of carbonyl (C=O) groups excluding carboxylic acids is 1. The summed E-state index contributed by atoms with van der Waals surface area (Å²) in [6, 6.07) is 14.6. The number of carboxylic acid groups (broad SMARTS) is 1. The standard InChI is InChI=1S/C23H27NO5/c1-16(2)29-23(27)24-13-11-17(12-14-24)15-28-21-9-7-19(8-10-21)18-3-5-20(6-4-18)22(25)26/h3-10,16-17H,11-15H2,1-2H3,(H,25,26). The van der Waals surface area contributed by atoms with Crippen LogP contribution in [0, 0.1) is 5.92 Å². The first-order chi connectivity index (χ1) is 13.9. The maximum absolute atomic E-state index is 11.9. The van der Waals surface area contributed by atoms with Crippen LogP contribution in [0.25, 0.3) is 11.1 Å². The molecule has 0 aliphatic carbocycles. The van der Waals surface area contributed by atoms with Gasteiger partial charge in [0.1, 0.15) is 5.75 Å². The van der Waals surface area contributed by atoms with Crippen LogP contribution in [-0.4, -0.2) is 47.9 Å². The number of aromatic carboxylic acids is 1. The van der Waals surface area contributed by atoms with Crippen molar-refractivity contribution in [1.82, 2.24) is 4.90 Å². The van der Waals surface area contributed by atoms with Crippen LogP contribution in [0.15, 0.2) is 48.5 Å². The minimum absolute atomic E-state index is 0.0957. The first-order valence-corrected chi connectivity index (χ1v) is 9.94. The number of piperidine rings is 1. The minimum Gasteiger partial charge on any atom is -0.493 e. The number of benzene rings is 2. The summed E-state index contributed by atoms with van der Waals surface area (Å²) in [4.78, 5) is 24.7. The van der Waals surface area contributed by atoms with Gasteiger partial charge in [-0.05, 0) is 68.0 Å². The number of ether oxygens (including phenoxy) is 2. The minimum atomic E-state index is -0.928. The summed E-state index contributed by atoms with van der Waals surface area (Å²) in [5, 5.41) is 8.98. The van der Waals surface area contributed by atoms with Crippen molar-refractivity contribution in [1.29, 1.82) is 0 Å². The van der Waals surface area contributed by atoms with Crippen LogP contribution in [0.1, 0.15) is 37.0 Å². The SMILES string of the molecule is CC(C)OC(=O)N1CCC(COc2ccc(-c3ccc(C(=O)O)cc3)cc2)CC1. The maximum Gasteiger partial charge on any atom is 0.410 e. The van der Waals surface area contributed by atoms with Crippen molar-refractivity contribution in [3.8, 4) is 16.9 Å². The Morgan fingerprint density at radius 1 is 1.00 bits per heavy atom. The molecule has 0 spiro atoms. The average molecular weight is 397 g/mol. The molecule has 0 unspecified atom stereocenters. The van der Waals surface area contributed by atoms with Gasteiger partial charge in [-0.2, -0.15) is 0 Å². The molecule has 1 fully saturated rings. The molecule has 1 N–H and O–H groups in total.